The van der Waals surface area contributed by atoms with Crippen LogP contribution < -0.4 is 5.32 Å². The van der Waals surface area contributed by atoms with Gasteiger partial charge < -0.3 is 5.32 Å². The molecule has 1 heterocycles. The number of benzene rings is 1. The van der Waals surface area contributed by atoms with E-state index in [-0.39, 0.29) is 5.41 Å². The second kappa shape index (κ2) is 6.54. The van der Waals surface area contributed by atoms with Crippen LogP contribution in [0.1, 0.15) is 50.3 Å². The molecule has 2 rings (SSSR count). The Hall–Kier alpha value is -0.910. The maximum Gasteiger partial charge on any atom is 0.243 e. The van der Waals surface area contributed by atoms with Crippen molar-refractivity contribution in [2.45, 2.75) is 63.8 Å². The summed E-state index contributed by atoms with van der Waals surface area (Å²) in [5, 5.41) is 3.24. The van der Waals surface area contributed by atoms with E-state index >= 15 is 0 Å². The molecule has 0 amide bonds. The molecule has 5 heteroatoms. The summed E-state index contributed by atoms with van der Waals surface area (Å²) in [7, 11) is -1.47. The molecule has 1 saturated heterocycles. The molecule has 1 N–H and O–H groups in total. The van der Waals surface area contributed by atoms with Gasteiger partial charge in [-0.1, -0.05) is 32.9 Å². The minimum Gasteiger partial charge on any atom is -0.317 e. The third-order valence-corrected chi connectivity index (χ3v) is 6.99. The van der Waals surface area contributed by atoms with Crippen LogP contribution in [0.3, 0.4) is 0 Å². The van der Waals surface area contributed by atoms with Gasteiger partial charge in [0.2, 0.25) is 10.0 Å². The van der Waals surface area contributed by atoms with Crippen LogP contribution in [0.15, 0.2) is 17.0 Å². The minimum absolute atomic E-state index is 0.0168. The first-order chi connectivity index (χ1) is 10.6. The Morgan fingerprint density at radius 2 is 1.57 bits per heavy atom. The SMILES string of the molecule is CNC1CCN(S(=O)(=O)c2c(C)cc(C(C)(C)C)cc2C)CC1. The summed E-state index contributed by atoms with van der Waals surface area (Å²) in [6.07, 6.45) is 1.74. The van der Waals surface area contributed by atoms with Gasteiger partial charge in [-0.3, -0.25) is 0 Å². The molecule has 0 radical (unpaired) electrons. The van der Waals surface area contributed by atoms with E-state index in [0.717, 1.165) is 24.0 Å². The Bertz CT molecular complexity index is 644. The van der Waals surface area contributed by atoms with E-state index in [4.69, 9.17) is 0 Å². The third kappa shape index (κ3) is 3.78. The van der Waals surface area contributed by atoms with Crippen molar-refractivity contribution in [2.24, 2.45) is 0 Å². The average molecular weight is 339 g/mol. The fourth-order valence-electron chi connectivity index (χ4n) is 3.30. The number of sulfonamides is 1. The summed E-state index contributed by atoms with van der Waals surface area (Å²) >= 11 is 0. The van der Waals surface area contributed by atoms with Gasteiger partial charge in [0.05, 0.1) is 4.90 Å². The predicted octanol–water partition coefficient (Wildman–Crippen LogP) is 2.97. The number of nitrogens with one attached hydrogen (secondary N) is 1. The van der Waals surface area contributed by atoms with Crippen molar-refractivity contribution in [1.29, 1.82) is 0 Å². The van der Waals surface area contributed by atoms with Crippen LogP contribution >= 0.6 is 0 Å². The molecule has 0 spiro atoms. The zero-order chi connectivity index (χ0) is 17.4. The van der Waals surface area contributed by atoms with Crippen molar-refractivity contribution in [2.75, 3.05) is 20.1 Å². The summed E-state index contributed by atoms with van der Waals surface area (Å²) < 4.78 is 27.8. The number of hydrogen-bond acceptors (Lipinski definition) is 3. The maximum absolute atomic E-state index is 13.1. The minimum atomic E-state index is -3.41. The summed E-state index contributed by atoms with van der Waals surface area (Å²) in [4.78, 5) is 0.494. The van der Waals surface area contributed by atoms with E-state index < -0.39 is 10.0 Å². The fourth-order valence-corrected chi connectivity index (χ4v) is 5.19. The molecule has 1 aliphatic rings. The van der Waals surface area contributed by atoms with Crippen molar-refractivity contribution >= 4 is 10.0 Å². The number of aryl methyl sites for hydroxylation is 2. The molecule has 0 aliphatic carbocycles. The highest BCUT2D eigenvalue weighted by Gasteiger charge is 2.31. The smallest absolute Gasteiger partial charge is 0.243 e. The summed E-state index contributed by atoms with van der Waals surface area (Å²) in [5.41, 5.74) is 2.90. The molecular formula is C18H30N2O2S. The van der Waals surface area contributed by atoms with E-state index in [0.29, 0.717) is 24.0 Å². The van der Waals surface area contributed by atoms with Crippen molar-refractivity contribution in [3.63, 3.8) is 0 Å². The van der Waals surface area contributed by atoms with Gasteiger partial charge in [0.25, 0.3) is 0 Å². The van der Waals surface area contributed by atoms with Gasteiger partial charge in [-0.25, -0.2) is 8.42 Å². The molecular weight excluding hydrogens is 308 g/mol. The van der Waals surface area contributed by atoms with E-state index in [1.54, 1.807) is 4.31 Å². The van der Waals surface area contributed by atoms with Crippen LogP contribution in [0.25, 0.3) is 0 Å². The highest BCUT2D eigenvalue weighted by atomic mass is 32.2. The van der Waals surface area contributed by atoms with E-state index in [1.165, 1.54) is 5.56 Å². The van der Waals surface area contributed by atoms with Crippen LogP contribution in [0.4, 0.5) is 0 Å². The second-order valence-electron chi connectivity index (χ2n) is 7.66. The first-order valence-electron chi connectivity index (χ1n) is 8.36. The van der Waals surface area contributed by atoms with Gasteiger partial charge in [-0.15, -0.1) is 0 Å². The van der Waals surface area contributed by atoms with Gasteiger partial charge in [0, 0.05) is 19.1 Å². The second-order valence-corrected chi connectivity index (χ2v) is 9.53. The summed E-state index contributed by atoms with van der Waals surface area (Å²) in [5.74, 6) is 0. The quantitative estimate of drug-likeness (QED) is 0.922. The van der Waals surface area contributed by atoms with Gasteiger partial charge in [0.15, 0.2) is 0 Å². The van der Waals surface area contributed by atoms with E-state index in [2.05, 4.69) is 26.1 Å². The first-order valence-corrected chi connectivity index (χ1v) is 9.80. The van der Waals surface area contributed by atoms with E-state index in [9.17, 15) is 8.42 Å². The molecule has 0 atom stereocenters. The maximum atomic E-state index is 13.1. The Labute approximate surface area is 141 Å². The lowest BCUT2D eigenvalue weighted by Gasteiger charge is -2.32. The molecule has 1 aromatic carbocycles. The fraction of sp³-hybridized carbons (Fsp3) is 0.667. The van der Waals surface area contributed by atoms with Gasteiger partial charge in [0.1, 0.15) is 0 Å². The van der Waals surface area contributed by atoms with Crippen molar-refractivity contribution in [1.82, 2.24) is 9.62 Å². The molecule has 0 bridgehead atoms. The monoisotopic (exact) mass is 338 g/mol. The molecule has 1 fully saturated rings. The van der Waals surface area contributed by atoms with Crippen LogP contribution in [0, 0.1) is 13.8 Å². The summed E-state index contributed by atoms with van der Waals surface area (Å²) in [6, 6.07) is 4.48. The van der Waals surface area contributed by atoms with E-state index in [1.807, 2.05) is 33.0 Å². The normalized spacial score (nSPS) is 18.3. The molecule has 130 valence electrons. The predicted molar refractivity (Wildman–Crippen MR) is 95.5 cm³/mol. The van der Waals surface area contributed by atoms with Gasteiger partial charge >= 0.3 is 0 Å². The van der Waals surface area contributed by atoms with Crippen LogP contribution in [-0.2, 0) is 15.4 Å². The standard InChI is InChI=1S/C18H30N2O2S/c1-13-11-15(18(3,4)5)12-14(2)17(13)23(21,22)20-9-7-16(19-6)8-10-20/h11-12,16,19H,7-10H2,1-6H3. The van der Waals surface area contributed by atoms with Gasteiger partial charge in [-0.2, -0.15) is 4.31 Å². The molecule has 0 unspecified atom stereocenters. The Kier molecular flexibility index (Phi) is 5.24. The van der Waals surface area contributed by atoms with Crippen molar-refractivity contribution in [3.05, 3.63) is 28.8 Å². The number of rotatable bonds is 3. The average Bonchev–Trinajstić information content (AvgIpc) is 2.45. The Morgan fingerprint density at radius 1 is 1.09 bits per heavy atom. The highest BCUT2D eigenvalue weighted by Crippen LogP contribution is 2.31. The molecule has 1 aromatic rings. The summed E-state index contributed by atoms with van der Waals surface area (Å²) in [6.45, 7) is 11.5. The van der Waals surface area contributed by atoms with Crippen molar-refractivity contribution < 1.29 is 8.42 Å². The largest absolute Gasteiger partial charge is 0.317 e. The van der Waals surface area contributed by atoms with Crippen LogP contribution in [-0.4, -0.2) is 38.9 Å². The molecule has 0 aromatic heterocycles. The Morgan fingerprint density at radius 3 is 1.96 bits per heavy atom. The zero-order valence-corrected chi connectivity index (χ0v) is 16.0. The number of piperidine rings is 1. The Balaban J connectivity index is 2.38. The molecule has 23 heavy (non-hydrogen) atoms. The molecule has 1 aliphatic heterocycles. The van der Waals surface area contributed by atoms with Gasteiger partial charge in [-0.05, 0) is 55.8 Å². The lowest BCUT2D eigenvalue weighted by Crippen LogP contribution is -2.44. The molecule has 0 saturated carbocycles. The number of nitrogens with zero attached hydrogens (tertiary/aromatic N) is 1. The van der Waals surface area contributed by atoms with Crippen LogP contribution in [0.5, 0.6) is 0 Å². The topological polar surface area (TPSA) is 49.4 Å². The van der Waals surface area contributed by atoms with Crippen molar-refractivity contribution in [3.8, 4) is 0 Å². The highest BCUT2D eigenvalue weighted by molar-refractivity contribution is 7.89. The zero-order valence-electron chi connectivity index (χ0n) is 15.2. The first kappa shape index (κ1) is 18.4. The molecule has 4 nitrogen and oxygen atoms in total. The lowest BCUT2D eigenvalue weighted by molar-refractivity contribution is 0.298. The third-order valence-electron chi connectivity index (χ3n) is 4.79. The number of hydrogen-bond donors (Lipinski definition) is 1. The van der Waals surface area contributed by atoms with Crippen LogP contribution in [0.2, 0.25) is 0 Å². The lowest BCUT2D eigenvalue weighted by atomic mass is 9.85.